The standard InChI is InChI=1S/C2H7FNOP/c1-5-2(3,4)6/h4,6H2,1H3. The maximum Gasteiger partial charge on any atom is 0.275 e. The van der Waals surface area contributed by atoms with Gasteiger partial charge in [-0.05, 0) is 9.24 Å². The van der Waals surface area contributed by atoms with E-state index >= 15 is 0 Å². The second kappa shape index (κ2) is 1.82. The molecule has 0 saturated carbocycles. The third kappa shape index (κ3) is 4.28. The Morgan fingerprint density at radius 3 is 2.17 bits per heavy atom. The van der Waals surface area contributed by atoms with Crippen LogP contribution < -0.4 is 5.73 Å². The molecule has 0 rings (SSSR count). The molecule has 0 fully saturated rings. The van der Waals surface area contributed by atoms with Crippen molar-refractivity contribution in [1.82, 2.24) is 0 Å². The molecular weight excluding hydrogens is 104 g/mol. The lowest BCUT2D eigenvalue weighted by Gasteiger charge is -2.08. The molecule has 0 aliphatic carbocycles. The first-order valence-electron chi connectivity index (χ1n) is 1.38. The lowest BCUT2D eigenvalue weighted by Crippen LogP contribution is -2.27. The predicted molar refractivity (Wildman–Crippen MR) is 24.7 cm³/mol. The molecule has 0 radical (unpaired) electrons. The van der Waals surface area contributed by atoms with Crippen LogP contribution in [0.1, 0.15) is 0 Å². The normalized spacial score (nSPS) is 20.0. The minimum absolute atomic E-state index is 1.19. The third-order valence-corrected chi connectivity index (χ3v) is 0.549. The fourth-order valence-electron chi connectivity index (χ4n) is 0. The number of alkyl halides is 1. The molecule has 38 valence electrons. The molecule has 6 heavy (non-hydrogen) atoms. The minimum Gasteiger partial charge on any atom is -0.335 e. The van der Waals surface area contributed by atoms with Crippen molar-refractivity contribution in [1.29, 1.82) is 0 Å². The van der Waals surface area contributed by atoms with Gasteiger partial charge in [0.25, 0.3) is 5.72 Å². The lowest BCUT2D eigenvalue weighted by atomic mass is 11.2. The molecule has 0 aromatic heterocycles. The molecule has 2 N–H and O–H groups in total. The largest absolute Gasteiger partial charge is 0.335 e. The monoisotopic (exact) mass is 111 g/mol. The van der Waals surface area contributed by atoms with Gasteiger partial charge in [-0.1, -0.05) is 0 Å². The molecule has 2 nitrogen and oxygen atoms in total. The highest BCUT2D eigenvalue weighted by Crippen LogP contribution is 2.10. The van der Waals surface area contributed by atoms with Crippen molar-refractivity contribution in [2.75, 3.05) is 7.11 Å². The molecule has 0 amide bonds. The number of nitrogens with two attached hydrogens (primary N) is 1. The van der Waals surface area contributed by atoms with E-state index in [1.54, 1.807) is 9.24 Å². The Labute approximate surface area is 38.1 Å². The van der Waals surface area contributed by atoms with E-state index in [0.29, 0.717) is 0 Å². The van der Waals surface area contributed by atoms with Gasteiger partial charge in [-0.2, -0.15) is 4.39 Å². The van der Waals surface area contributed by atoms with Crippen molar-refractivity contribution < 1.29 is 9.13 Å². The zero-order chi connectivity index (χ0) is 5.21. The van der Waals surface area contributed by atoms with Crippen molar-refractivity contribution in [3.05, 3.63) is 0 Å². The quantitative estimate of drug-likeness (QED) is 0.294. The molecule has 0 aliphatic heterocycles. The van der Waals surface area contributed by atoms with E-state index in [2.05, 4.69) is 10.5 Å². The van der Waals surface area contributed by atoms with Gasteiger partial charge in [0.2, 0.25) is 0 Å². The van der Waals surface area contributed by atoms with E-state index in [4.69, 9.17) is 0 Å². The Bertz CT molecular complexity index is 43.3. The summed E-state index contributed by atoms with van der Waals surface area (Å²) in [6.07, 6.45) is 0. The van der Waals surface area contributed by atoms with Crippen molar-refractivity contribution in [3.63, 3.8) is 0 Å². The van der Waals surface area contributed by atoms with E-state index in [-0.39, 0.29) is 0 Å². The summed E-state index contributed by atoms with van der Waals surface area (Å²) >= 11 is 0. The van der Waals surface area contributed by atoms with Crippen LogP contribution in [0.25, 0.3) is 0 Å². The number of methoxy groups -OCH3 is 1. The molecule has 0 aliphatic rings. The van der Waals surface area contributed by atoms with Crippen LogP contribution in [0.2, 0.25) is 0 Å². The van der Waals surface area contributed by atoms with Gasteiger partial charge in [-0.3, -0.25) is 5.73 Å². The molecule has 0 spiro atoms. The van der Waals surface area contributed by atoms with Crippen LogP contribution in [0.4, 0.5) is 4.39 Å². The van der Waals surface area contributed by atoms with Crippen LogP contribution in [0.15, 0.2) is 0 Å². The fourth-order valence-corrected chi connectivity index (χ4v) is 0. The summed E-state index contributed by atoms with van der Waals surface area (Å²) in [6.45, 7) is 0. The van der Waals surface area contributed by atoms with E-state index in [9.17, 15) is 4.39 Å². The van der Waals surface area contributed by atoms with E-state index in [1.807, 2.05) is 0 Å². The summed E-state index contributed by atoms with van der Waals surface area (Å²) in [5.74, 6) is 0. The van der Waals surface area contributed by atoms with Crippen LogP contribution >= 0.6 is 9.24 Å². The van der Waals surface area contributed by atoms with Gasteiger partial charge in [0.05, 0.1) is 0 Å². The SMILES string of the molecule is COC(N)(F)P. The third-order valence-electron chi connectivity index (χ3n) is 0.313. The van der Waals surface area contributed by atoms with Crippen molar-refractivity contribution in [3.8, 4) is 0 Å². The van der Waals surface area contributed by atoms with Gasteiger partial charge in [0, 0.05) is 7.11 Å². The minimum atomic E-state index is -2.04. The van der Waals surface area contributed by atoms with Crippen LogP contribution in [-0.2, 0) is 4.74 Å². The summed E-state index contributed by atoms with van der Waals surface area (Å²) in [4.78, 5) is 0. The summed E-state index contributed by atoms with van der Waals surface area (Å²) < 4.78 is 15.6. The molecule has 0 aromatic rings. The summed E-state index contributed by atoms with van der Waals surface area (Å²) in [5, 5.41) is 0. The Hall–Kier alpha value is 0.280. The van der Waals surface area contributed by atoms with Gasteiger partial charge >= 0.3 is 0 Å². The first kappa shape index (κ1) is 6.28. The number of halogens is 1. The molecule has 4 heteroatoms. The lowest BCUT2D eigenvalue weighted by molar-refractivity contribution is -0.0342. The van der Waals surface area contributed by atoms with Gasteiger partial charge < -0.3 is 4.74 Å². The highest BCUT2D eigenvalue weighted by atomic mass is 31.0. The molecule has 0 heterocycles. The summed E-state index contributed by atoms with van der Waals surface area (Å²) in [5.41, 5.74) is 2.57. The molecule has 2 unspecified atom stereocenters. The smallest absolute Gasteiger partial charge is 0.275 e. The van der Waals surface area contributed by atoms with Crippen molar-refractivity contribution in [2.45, 2.75) is 5.72 Å². The van der Waals surface area contributed by atoms with E-state index in [0.717, 1.165) is 0 Å². The van der Waals surface area contributed by atoms with E-state index < -0.39 is 5.72 Å². The molecule has 0 aromatic carbocycles. The average Bonchev–Trinajstić information content (AvgIpc) is 1.35. The fraction of sp³-hybridized carbons (Fsp3) is 1.00. The number of hydrogen-bond donors (Lipinski definition) is 1. The van der Waals surface area contributed by atoms with Crippen LogP contribution in [0.5, 0.6) is 0 Å². The number of ether oxygens (including phenoxy) is 1. The van der Waals surface area contributed by atoms with Crippen LogP contribution in [-0.4, -0.2) is 12.8 Å². The zero-order valence-electron chi connectivity index (χ0n) is 3.44. The van der Waals surface area contributed by atoms with Crippen molar-refractivity contribution in [2.24, 2.45) is 5.73 Å². The molecule has 0 saturated heterocycles. The summed E-state index contributed by atoms with van der Waals surface area (Å²) in [6, 6.07) is 0. The molecule has 2 atom stereocenters. The topological polar surface area (TPSA) is 35.2 Å². The Morgan fingerprint density at radius 1 is 2.00 bits per heavy atom. The zero-order valence-corrected chi connectivity index (χ0v) is 4.60. The molecule has 0 bridgehead atoms. The molecular formula is C2H7FNOP. The first-order chi connectivity index (χ1) is 2.56. The maximum absolute atomic E-state index is 11.6. The van der Waals surface area contributed by atoms with E-state index in [1.165, 1.54) is 7.11 Å². The van der Waals surface area contributed by atoms with Crippen molar-refractivity contribution >= 4 is 9.24 Å². The first-order valence-corrected chi connectivity index (χ1v) is 1.96. The van der Waals surface area contributed by atoms with Gasteiger partial charge in [-0.15, -0.1) is 0 Å². The highest BCUT2D eigenvalue weighted by Gasteiger charge is 2.11. The highest BCUT2D eigenvalue weighted by molar-refractivity contribution is 7.18. The van der Waals surface area contributed by atoms with Crippen LogP contribution in [0.3, 0.4) is 0 Å². The summed E-state index contributed by atoms with van der Waals surface area (Å²) in [7, 11) is 2.87. The van der Waals surface area contributed by atoms with Gasteiger partial charge in [-0.25, -0.2) is 0 Å². The van der Waals surface area contributed by atoms with Crippen LogP contribution in [0, 0.1) is 0 Å². The van der Waals surface area contributed by atoms with Gasteiger partial charge in [0.1, 0.15) is 0 Å². The average molecular weight is 111 g/mol. The van der Waals surface area contributed by atoms with Gasteiger partial charge in [0.15, 0.2) is 0 Å². The predicted octanol–water partition coefficient (Wildman–Crippen LogP) is 0.0474. The maximum atomic E-state index is 11.6. The second-order valence-electron chi connectivity index (χ2n) is 0.902. The number of rotatable bonds is 1. The Morgan fingerprint density at radius 2 is 2.17 bits per heavy atom. The Balaban J connectivity index is 3.17. The second-order valence-corrected chi connectivity index (χ2v) is 1.69. The number of hydrogen-bond acceptors (Lipinski definition) is 2. The Kier molecular flexibility index (Phi) is 1.91.